The van der Waals surface area contributed by atoms with Gasteiger partial charge in [-0.25, -0.2) is 15.0 Å². The fraction of sp³-hybridized carbons (Fsp3) is 0.414. The maximum absolute atomic E-state index is 13.3. The molecular formula is C29H33N7O4S. The lowest BCUT2D eigenvalue weighted by atomic mass is 10.0. The number of likely N-dealkylation sites (tertiary alicyclic amines) is 1. The second-order valence-electron chi connectivity index (χ2n) is 10.7. The highest BCUT2D eigenvalue weighted by Crippen LogP contribution is 2.36. The number of aromatic nitrogens is 4. The predicted octanol–water partition coefficient (Wildman–Crippen LogP) is 3.82. The summed E-state index contributed by atoms with van der Waals surface area (Å²) in [5.41, 5.74) is 4.90. The Morgan fingerprint density at radius 1 is 1.15 bits per heavy atom. The van der Waals surface area contributed by atoms with Crippen molar-refractivity contribution in [3.05, 3.63) is 51.2 Å². The topological polar surface area (TPSA) is 124 Å². The van der Waals surface area contributed by atoms with Crippen LogP contribution in [0.3, 0.4) is 0 Å². The number of fused-ring (bicyclic) bond motifs is 1. The monoisotopic (exact) mass is 575 g/mol. The lowest BCUT2D eigenvalue weighted by Gasteiger charge is -2.29. The van der Waals surface area contributed by atoms with E-state index in [1.165, 1.54) is 15.9 Å². The summed E-state index contributed by atoms with van der Waals surface area (Å²) in [5.74, 6) is 1.39. The first kappa shape index (κ1) is 27.2. The SMILES string of the molecule is COc1cc(C(=O)NC2CCN(C)CC2)ccc1Nc1ncc2c(n1)c(-c1cscn1)c(OCC1CC1)c(=O)n2C. The summed E-state index contributed by atoms with van der Waals surface area (Å²) in [6, 6.07) is 5.41. The average Bonchev–Trinajstić information content (AvgIpc) is 3.66. The highest BCUT2D eigenvalue weighted by atomic mass is 32.1. The van der Waals surface area contributed by atoms with E-state index in [1.54, 1.807) is 44.1 Å². The highest BCUT2D eigenvalue weighted by Gasteiger charge is 2.26. The van der Waals surface area contributed by atoms with Crippen molar-refractivity contribution in [1.29, 1.82) is 0 Å². The number of benzene rings is 1. The summed E-state index contributed by atoms with van der Waals surface area (Å²) in [7, 11) is 5.34. The van der Waals surface area contributed by atoms with Crippen LogP contribution in [0, 0.1) is 5.92 Å². The number of carbonyl (C=O) groups is 1. The lowest BCUT2D eigenvalue weighted by molar-refractivity contribution is 0.0916. The maximum atomic E-state index is 13.3. The number of aryl methyl sites for hydroxylation is 1. The Morgan fingerprint density at radius 3 is 2.66 bits per heavy atom. The van der Waals surface area contributed by atoms with Crippen LogP contribution in [0.1, 0.15) is 36.0 Å². The number of piperidine rings is 1. The summed E-state index contributed by atoms with van der Waals surface area (Å²) in [5, 5.41) is 8.25. The van der Waals surface area contributed by atoms with Crippen LogP contribution in [0.5, 0.6) is 11.5 Å². The number of anilines is 2. The Labute approximate surface area is 241 Å². The smallest absolute Gasteiger partial charge is 0.293 e. The summed E-state index contributed by atoms with van der Waals surface area (Å²) in [6.45, 7) is 2.42. The van der Waals surface area contributed by atoms with E-state index >= 15 is 0 Å². The Kier molecular flexibility index (Phi) is 7.59. The van der Waals surface area contributed by atoms with Gasteiger partial charge in [0.2, 0.25) is 5.95 Å². The van der Waals surface area contributed by atoms with Crippen LogP contribution in [0.15, 0.2) is 40.1 Å². The average molecular weight is 576 g/mol. The van der Waals surface area contributed by atoms with E-state index in [9.17, 15) is 9.59 Å². The Balaban J connectivity index is 1.31. The van der Waals surface area contributed by atoms with E-state index in [2.05, 4.69) is 32.5 Å². The number of methoxy groups -OCH3 is 1. The molecule has 1 aliphatic heterocycles. The molecule has 0 unspecified atom stereocenters. The van der Waals surface area contributed by atoms with Crippen LogP contribution in [0.25, 0.3) is 22.3 Å². The molecule has 1 aromatic carbocycles. The number of thiazole rings is 1. The minimum absolute atomic E-state index is 0.126. The van der Waals surface area contributed by atoms with Crippen molar-refractivity contribution in [3.63, 3.8) is 0 Å². The van der Waals surface area contributed by atoms with E-state index in [-0.39, 0.29) is 23.3 Å². The van der Waals surface area contributed by atoms with Crippen LogP contribution >= 0.6 is 11.3 Å². The van der Waals surface area contributed by atoms with Gasteiger partial charge >= 0.3 is 0 Å². The Morgan fingerprint density at radius 2 is 1.95 bits per heavy atom. The second kappa shape index (κ2) is 11.5. The summed E-state index contributed by atoms with van der Waals surface area (Å²) in [6.07, 6.45) is 5.69. The van der Waals surface area contributed by atoms with Crippen LogP contribution in [-0.2, 0) is 7.05 Å². The Bertz CT molecular complexity index is 1630. The molecule has 4 heterocycles. The minimum Gasteiger partial charge on any atom is -0.495 e. The molecule has 0 radical (unpaired) electrons. The van der Waals surface area contributed by atoms with Crippen LogP contribution in [-0.4, -0.2) is 70.2 Å². The Hall–Kier alpha value is -4.03. The van der Waals surface area contributed by atoms with E-state index in [4.69, 9.17) is 14.5 Å². The molecule has 2 N–H and O–H groups in total. The first-order valence-corrected chi connectivity index (χ1v) is 14.7. The third-order valence-electron chi connectivity index (χ3n) is 7.71. The first-order valence-electron chi connectivity index (χ1n) is 13.8. The number of hydrogen-bond donors (Lipinski definition) is 2. The van der Waals surface area contributed by atoms with Crippen molar-refractivity contribution in [1.82, 2.24) is 29.7 Å². The van der Waals surface area contributed by atoms with Gasteiger partial charge in [-0.2, -0.15) is 0 Å². The fourth-order valence-electron chi connectivity index (χ4n) is 5.01. The number of pyridine rings is 1. The number of nitrogens with one attached hydrogen (secondary N) is 2. The normalized spacial score (nSPS) is 16.1. The molecule has 0 atom stereocenters. The molecule has 1 amide bonds. The molecule has 12 heteroatoms. The quantitative estimate of drug-likeness (QED) is 0.307. The number of hydrogen-bond acceptors (Lipinski definition) is 10. The van der Waals surface area contributed by atoms with Crippen molar-refractivity contribution in [2.24, 2.45) is 13.0 Å². The van der Waals surface area contributed by atoms with Crippen molar-refractivity contribution in [2.75, 3.05) is 39.2 Å². The highest BCUT2D eigenvalue weighted by molar-refractivity contribution is 7.07. The van der Waals surface area contributed by atoms with Crippen molar-refractivity contribution >= 4 is 39.9 Å². The standard InChI is InChI=1S/C29H33N7O4S/c1-35-10-8-19(9-11-35)32-27(37)18-6-7-20(23(12-18)39-3)33-29-30-13-22-25(34-29)24(21-15-41-16-31-21)26(28(38)36(22)2)40-14-17-4-5-17/h6-7,12-13,15-17,19H,4-5,8-11,14H2,1-3H3,(H,32,37)(H,30,33,34). The van der Waals surface area contributed by atoms with Crippen LogP contribution < -0.4 is 25.7 Å². The van der Waals surface area contributed by atoms with Crippen molar-refractivity contribution in [3.8, 4) is 22.8 Å². The molecule has 11 nitrogen and oxygen atoms in total. The predicted molar refractivity (Wildman–Crippen MR) is 158 cm³/mol. The molecule has 2 fully saturated rings. The molecule has 1 saturated heterocycles. The van der Waals surface area contributed by atoms with Gasteiger partial charge < -0.3 is 29.6 Å². The summed E-state index contributed by atoms with van der Waals surface area (Å²) < 4.78 is 13.2. The molecule has 2 aliphatic rings. The molecule has 4 aromatic rings. The van der Waals surface area contributed by atoms with E-state index in [1.807, 2.05) is 5.38 Å². The summed E-state index contributed by atoms with van der Waals surface area (Å²) >= 11 is 1.44. The molecule has 0 bridgehead atoms. The number of nitrogens with zero attached hydrogens (tertiary/aromatic N) is 5. The zero-order chi connectivity index (χ0) is 28.5. The molecular weight excluding hydrogens is 542 g/mol. The zero-order valence-electron chi connectivity index (χ0n) is 23.3. The van der Waals surface area contributed by atoms with E-state index in [0.717, 1.165) is 38.8 Å². The summed E-state index contributed by atoms with van der Waals surface area (Å²) in [4.78, 5) is 42.3. The van der Waals surface area contributed by atoms with Gasteiger partial charge in [-0.3, -0.25) is 9.59 Å². The third-order valence-corrected chi connectivity index (χ3v) is 8.29. The molecule has 41 heavy (non-hydrogen) atoms. The van der Waals surface area contributed by atoms with Gasteiger partial charge in [0.25, 0.3) is 11.5 Å². The van der Waals surface area contributed by atoms with Gasteiger partial charge in [0.1, 0.15) is 11.3 Å². The lowest BCUT2D eigenvalue weighted by Crippen LogP contribution is -2.43. The van der Waals surface area contributed by atoms with Gasteiger partial charge in [-0.05, 0) is 69.9 Å². The molecule has 6 rings (SSSR count). The van der Waals surface area contributed by atoms with Crippen molar-refractivity contribution in [2.45, 2.75) is 31.7 Å². The molecule has 3 aromatic heterocycles. The molecule has 1 saturated carbocycles. The molecule has 214 valence electrons. The van der Waals surface area contributed by atoms with E-state index in [0.29, 0.717) is 57.8 Å². The molecule has 1 aliphatic carbocycles. The maximum Gasteiger partial charge on any atom is 0.293 e. The second-order valence-corrected chi connectivity index (χ2v) is 11.4. The fourth-order valence-corrected chi connectivity index (χ4v) is 5.56. The first-order chi connectivity index (χ1) is 19.9. The zero-order valence-corrected chi connectivity index (χ0v) is 24.2. The largest absolute Gasteiger partial charge is 0.495 e. The van der Waals surface area contributed by atoms with Crippen molar-refractivity contribution < 1.29 is 14.3 Å². The number of ether oxygens (including phenoxy) is 2. The van der Waals surface area contributed by atoms with Gasteiger partial charge in [0, 0.05) is 24.0 Å². The van der Waals surface area contributed by atoms with Crippen LogP contribution in [0.4, 0.5) is 11.6 Å². The van der Waals surface area contributed by atoms with Gasteiger partial charge in [0.15, 0.2) is 5.75 Å². The number of amides is 1. The van der Waals surface area contributed by atoms with Gasteiger partial charge in [-0.1, -0.05) is 0 Å². The minimum atomic E-state index is -0.249. The van der Waals surface area contributed by atoms with E-state index < -0.39 is 0 Å². The van der Waals surface area contributed by atoms with Gasteiger partial charge in [0.05, 0.1) is 47.9 Å². The third kappa shape index (κ3) is 5.75. The molecule has 0 spiro atoms. The van der Waals surface area contributed by atoms with Crippen LogP contribution in [0.2, 0.25) is 0 Å². The van der Waals surface area contributed by atoms with Gasteiger partial charge in [-0.15, -0.1) is 11.3 Å². The number of carbonyl (C=O) groups excluding carboxylic acids is 1. The number of rotatable bonds is 9.